The predicted molar refractivity (Wildman–Crippen MR) is 84.7 cm³/mol. The lowest BCUT2D eigenvalue weighted by atomic mass is 9.80. The molecule has 2 N–H and O–H groups in total. The summed E-state index contributed by atoms with van der Waals surface area (Å²) in [5.74, 6) is 1.44. The van der Waals surface area contributed by atoms with Crippen LogP contribution in [0.1, 0.15) is 34.8 Å². The maximum absolute atomic E-state index is 6.53. The van der Waals surface area contributed by atoms with Gasteiger partial charge < -0.3 is 10.5 Å². The van der Waals surface area contributed by atoms with Gasteiger partial charge in [0.2, 0.25) is 0 Å². The van der Waals surface area contributed by atoms with Crippen molar-refractivity contribution in [1.29, 1.82) is 0 Å². The van der Waals surface area contributed by atoms with E-state index in [1.807, 2.05) is 23.5 Å². The van der Waals surface area contributed by atoms with Gasteiger partial charge in [0, 0.05) is 16.8 Å². The predicted octanol–water partition coefficient (Wildman–Crippen LogP) is 3.75. The minimum absolute atomic E-state index is 0.167. The van der Waals surface area contributed by atoms with Crippen LogP contribution in [-0.4, -0.2) is 13.2 Å². The summed E-state index contributed by atoms with van der Waals surface area (Å²) in [6.07, 6.45) is 4.58. The smallest absolute Gasteiger partial charge is 0.122 e. The molecule has 0 spiro atoms. The molecule has 3 heteroatoms. The second-order valence-corrected chi connectivity index (χ2v) is 6.48. The summed E-state index contributed by atoms with van der Waals surface area (Å²) in [6.45, 7) is 0. The third-order valence-electron chi connectivity index (χ3n) is 4.26. The average Bonchev–Trinajstić information content (AvgIpc) is 2.96. The third-order valence-corrected chi connectivity index (χ3v) is 5.26. The van der Waals surface area contributed by atoms with E-state index in [-0.39, 0.29) is 6.04 Å². The number of aryl methyl sites for hydroxylation is 1. The van der Waals surface area contributed by atoms with Gasteiger partial charge in [-0.15, -0.1) is 11.3 Å². The zero-order chi connectivity index (χ0) is 13.9. The summed E-state index contributed by atoms with van der Waals surface area (Å²) in [5, 5.41) is 2.21. The van der Waals surface area contributed by atoms with Crippen molar-refractivity contribution in [2.24, 2.45) is 5.73 Å². The van der Waals surface area contributed by atoms with Crippen molar-refractivity contribution in [3.63, 3.8) is 0 Å². The Hall–Kier alpha value is -1.32. The van der Waals surface area contributed by atoms with Crippen LogP contribution in [-0.2, 0) is 12.8 Å². The summed E-state index contributed by atoms with van der Waals surface area (Å²) in [6, 6.07) is 10.6. The van der Waals surface area contributed by atoms with Crippen molar-refractivity contribution in [2.75, 3.05) is 7.11 Å². The summed E-state index contributed by atoms with van der Waals surface area (Å²) in [7, 11) is 1.72. The lowest BCUT2D eigenvalue weighted by Gasteiger charge is -2.28. The van der Waals surface area contributed by atoms with Crippen LogP contribution in [0.3, 0.4) is 0 Å². The van der Waals surface area contributed by atoms with E-state index in [1.54, 1.807) is 7.11 Å². The molecular weight excluding hydrogens is 266 g/mol. The summed E-state index contributed by atoms with van der Waals surface area (Å²) < 4.78 is 5.43. The molecule has 0 saturated carbocycles. The van der Waals surface area contributed by atoms with Crippen molar-refractivity contribution in [3.8, 4) is 5.75 Å². The van der Waals surface area contributed by atoms with E-state index in [0.717, 1.165) is 12.2 Å². The molecule has 0 fully saturated rings. The van der Waals surface area contributed by atoms with Crippen LogP contribution in [0, 0.1) is 0 Å². The molecule has 0 amide bonds. The molecule has 0 aliphatic heterocycles. The van der Waals surface area contributed by atoms with E-state index < -0.39 is 0 Å². The number of benzene rings is 1. The fraction of sp³-hybridized carbons (Fsp3) is 0.412. The second kappa shape index (κ2) is 5.98. The largest absolute Gasteiger partial charge is 0.496 e. The quantitative estimate of drug-likeness (QED) is 0.929. The van der Waals surface area contributed by atoms with E-state index in [0.29, 0.717) is 5.92 Å². The first-order valence-electron chi connectivity index (χ1n) is 7.23. The van der Waals surface area contributed by atoms with Gasteiger partial charge in [0.15, 0.2) is 0 Å². The number of hydrogen-bond acceptors (Lipinski definition) is 3. The van der Waals surface area contributed by atoms with Crippen molar-refractivity contribution < 1.29 is 4.74 Å². The van der Waals surface area contributed by atoms with Gasteiger partial charge in [-0.2, -0.15) is 0 Å². The Labute approximate surface area is 124 Å². The van der Waals surface area contributed by atoms with E-state index in [4.69, 9.17) is 10.5 Å². The molecule has 1 aliphatic rings. The minimum Gasteiger partial charge on any atom is -0.496 e. The standard InChI is InChI=1S/C17H21NOS/c1-19-16-7-3-2-5-12(16)11-15(18)13-6-4-8-17-14(13)9-10-20-17/h2-3,5,7,9-10,13,15H,4,6,8,11,18H2,1H3. The molecule has 1 aliphatic carbocycles. The van der Waals surface area contributed by atoms with Crippen LogP contribution in [0.15, 0.2) is 35.7 Å². The molecule has 0 radical (unpaired) electrons. The van der Waals surface area contributed by atoms with Crippen molar-refractivity contribution >= 4 is 11.3 Å². The maximum atomic E-state index is 6.53. The molecular formula is C17H21NOS. The lowest BCUT2D eigenvalue weighted by molar-refractivity contribution is 0.402. The van der Waals surface area contributed by atoms with Gasteiger partial charge in [-0.05, 0) is 54.3 Å². The molecule has 0 saturated heterocycles. The van der Waals surface area contributed by atoms with E-state index in [9.17, 15) is 0 Å². The molecule has 2 aromatic rings. The molecule has 2 atom stereocenters. The van der Waals surface area contributed by atoms with E-state index in [1.165, 1.54) is 35.3 Å². The van der Waals surface area contributed by atoms with Crippen molar-refractivity contribution in [3.05, 3.63) is 51.7 Å². The highest BCUT2D eigenvalue weighted by Crippen LogP contribution is 2.37. The lowest BCUT2D eigenvalue weighted by Crippen LogP contribution is -2.32. The first kappa shape index (κ1) is 13.7. The number of nitrogens with two attached hydrogens (primary N) is 1. The first-order valence-corrected chi connectivity index (χ1v) is 8.11. The van der Waals surface area contributed by atoms with Gasteiger partial charge in [0.05, 0.1) is 7.11 Å². The molecule has 3 rings (SSSR count). The summed E-state index contributed by atoms with van der Waals surface area (Å²) in [4.78, 5) is 1.54. The maximum Gasteiger partial charge on any atom is 0.122 e. The molecule has 106 valence electrons. The number of rotatable bonds is 4. The van der Waals surface area contributed by atoms with Crippen LogP contribution in [0.5, 0.6) is 5.75 Å². The van der Waals surface area contributed by atoms with Crippen LogP contribution in [0.2, 0.25) is 0 Å². The molecule has 2 unspecified atom stereocenters. The fourth-order valence-corrected chi connectivity index (χ4v) is 4.23. The van der Waals surface area contributed by atoms with Crippen LogP contribution < -0.4 is 10.5 Å². The second-order valence-electron chi connectivity index (χ2n) is 5.48. The Morgan fingerprint density at radius 1 is 1.35 bits per heavy atom. The molecule has 0 bridgehead atoms. The Kier molecular flexibility index (Phi) is 4.08. The zero-order valence-electron chi connectivity index (χ0n) is 11.8. The molecule has 2 nitrogen and oxygen atoms in total. The number of methoxy groups -OCH3 is 1. The van der Waals surface area contributed by atoms with E-state index >= 15 is 0 Å². The summed E-state index contributed by atoms with van der Waals surface area (Å²) in [5.41, 5.74) is 9.23. The van der Waals surface area contributed by atoms with Gasteiger partial charge in [-0.3, -0.25) is 0 Å². The Morgan fingerprint density at radius 2 is 2.20 bits per heavy atom. The average molecular weight is 287 g/mol. The van der Waals surface area contributed by atoms with Crippen molar-refractivity contribution in [2.45, 2.75) is 37.6 Å². The third kappa shape index (κ3) is 2.60. The first-order chi connectivity index (χ1) is 9.79. The highest BCUT2D eigenvalue weighted by Gasteiger charge is 2.27. The number of ether oxygens (including phenoxy) is 1. The Bertz CT molecular complexity index is 578. The highest BCUT2D eigenvalue weighted by molar-refractivity contribution is 7.10. The van der Waals surface area contributed by atoms with Gasteiger partial charge in [-0.25, -0.2) is 0 Å². The van der Waals surface area contributed by atoms with Crippen LogP contribution in [0.25, 0.3) is 0 Å². The fourth-order valence-electron chi connectivity index (χ4n) is 3.23. The van der Waals surface area contributed by atoms with Gasteiger partial charge in [0.1, 0.15) is 5.75 Å². The number of hydrogen-bond donors (Lipinski definition) is 1. The molecule has 1 aromatic carbocycles. The van der Waals surface area contributed by atoms with Gasteiger partial charge in [0.25, 0.3) is 0 Å². The minimum atomic E-state index is 0.167. The Morgan fingerprint density at radius 3 is 3.05 bits per heavy atom. The van der Waals surface area contributed by atoms with Gasteiger partial charge >= 0.3 is 0 Å². The van der Waals surface area contributed by atoms with Gasteiger partial charge in [-0.1, -0.05) is 18.2 Å². The monoisotopic (exact) mass is 287 g/mol. The van der Waals surface area contributed by atoms with Crippen LogP contribution >= 0.6 is 11.3 Å². The normalized spacial score (nSPS) is 19.4. The summed E-state index contributed by atoms with van der Waals surface area (Å²) >= 11 is 1.88. The van der Waals surface area contributed by atoms with E-state index in [2.05, 4.69) is 23.6 Å². The highest BCUT2D eigenvalue weighted by atomic mass is 32.1. The number of thiophene rings is 1. The number of para-hydroxylation sites is 1. The molecule has 20 heavy (non-hydrogen) atoms. The zero-order valence-corrected chi connectivity index (χ0v) is 12.7. The molecule has 1 aromatic heterocycles. The SMILES string of the molecule is COc1ccccc1CC(N)C1CCCc2sccc21. The molecule has 1 heterocycles. The van der Waals surface area contributed by atoms with Crippen LogP contribution in [0.4, 0.5) is 0 Å². The number of fused-ring (bicyclic) bond motifs is 1. The topological polar surface area (TPSA) is 35.2 Å². The van der Waals surface area contributed by atoms with Crippen molar-refractivity contribution in [1.82, 2.24) is 0 Å². The Balaban J connectivity index is 1.79.